The summed E-state index contributed by atoms with van der Waals surface area (Å²) in [6.45, 7) is 1.88. The SMILES string of the molecule is Cc1ccc(NC(=O)c2ccc(-n3cncn3)c([N+](=O)[O-])c2)c(Cl)c1. The number of halogens is 1. The second kappa shape index (κ2) is 6.70. The number of anilines is 1. The van der Waals surface area contributed by atoms with Crippen molar-refractivity contribution in [2.75, 3.05) is 5.32 Å². The Morgan fingerprint density at radius 2 is 2.08 bits per heavy atom. The van der Waals surface area contributed by atoms with Gasteiger partial charge in [-0.3, -0.25) is 14.9 Å². The van der Waals surface area contributed by atoms with Gasteiger partial charge >= 0.3 is 0 Å². The molecule has 1 aromatic heterocycles. The van der Waals surface area contributed by atoms with Crippen LogP contribution in [0.2, 0.25) is 5.02 Å². The van der Waals surface area contributed by atoms with Crippen molar-refractivity contribution in [1.82, 2.24) is 14.8 Å². The number of hydrogen-bond donors (Lipinski definition) is 1. The summed E-state index contributed by atoms with van der Waals surface area (Å²) in [5, 5.41) is 18.2. The topological polar surface area (TPSA) is 103 Å². The van der Waals surface area contributed by atoms with Crippen LogP contribution in [0.1, 0.15) is 15.9 Å². The molecule has 1 heterocycles. The molecule has 8 nitrogen and oxygen atoms in total. The largest absolute Gasteiger partial charge is 0.321 e. The second-order valence-electron chi connectivity index (χ2n) is 5.24. The number of nitro benzene ring substituents is 1. The van der Waals surface area contributed by atoms with Gasteiger partial charge in [-0.25, -0.2) is 9.67 Å². The van der Waals surface area contributed by atoms with Gasteiger partial charge in [0.05, 0.1) is 15.6 Å². The van der Waals surface area contributed by atoms with Gasteiger partial charge in [0.15, 0.2) is 0 Å². The monoisotopic (exact) mass is 357 g/mol. The number of carbonyl (C=O) groups excluding carboxylic acids is 1. The summed E-state index contributed by atoms with van der Waals surface area (Å²) in [6, 6.07) is 9.30. The van der Waals surface area contributed by atoms with Crippen molar-refractivity contribution in [2.24, 2.45) is 0 Å². The van der Waals surface area contributed by atoms with Gasteiger partial charge in [0.25, 0.3) is 11.6 Å². The number of rotatable bonds is 4. The first-order chi connectivity index (χ1) is 12.0. The minimum Gasteiger partial charge on any atom is -0.321 e. The van der Waals surface area contributed by atoms with Gasteiger partial charge in [-0.1, -0.05) is 17.7 Å². The van der Waals surface area contributed by atoms with E-state index in [0.29, 0.717) is 10.7 Å². The molecule has 1 amide bonds. The summed E-state index contributed by atoms with van der Waals surface area (Å²) in [4.78, 5) is 26.9. The zero-order chi connectivity index (χ0) is 18.0. The fourth-order valence-electron chi connectivity index (χ4n) is 2.25. The predicted molar refractivity (Wildman–Crippen MR) is 92.2 cm³/mol. The van der Waals surface area contributed by atoms with Crippen LogP contribution >= 0.6 is 11.6 Å². The molecule has 0 aliphatic carbocycles. The Morgan fingerprint density at radius 1 is 1.28 bits per heavy atom. The van der Waals surface area contributed by atoms with Gasteiger partial charge in [0.1, 0.15) is 18.3 Å². The van der Waals surface area contributed by atoms with Crippen molar-refractivity contribution < 1.29 is 9.72 Å². The zero-order valence-corrected chi connectivity index (χ0v) is 13.8. The van der Waals surface area contributed by atoms with E-state index in [9.17, 15) is 14.9 Å². The van der Waals surface area contributed by atoms with Gasteiger partial charge in [-0.05, 0) is 36.8 Å². The molecule has 9 heteroatoms. The van der Waals surface area contributed by atoms with Gasteiger partial charge in [0.2, 0.25) is 0 Å². The maximum Gasteiger partial charge on any atom is 0.295 e. The van der Waals surface area contributed by atoms with E-state index in [4.69, 9.17) is 11.6 Å². The van der Waals surface area contributed by atoms with Crippen molar-refractivity contribution in [3.63, 3.8) is 0 Å². The number of carbonyl (C=O) groups is 1. The Morgan fingerprint density at radius 3 is 2.72 bits per heavy atom. The minimum atomic E-state index is -0.577. The average molecular weight is 358 g/mol. The molecule has 0 unspecified atom stereocenters. The zero-order valence-electron chi connectivity index (χ0n) is 13.0. The van der Waals surface area contributed by atoms with Crippen LogP contribution in [0, 0.1) is 17.0 Å². The third-order valence-corrected chi connectivity index (χ3v) is 3.79. The van der Waals surface area contributed by atoms with Crippen LogP contribution in [0.3, 0.4) is 0 Å². The molecule has 2 aromatic carbocycles. The second-order valence-corrected chi connectivity index (χ2v) is 5.65. The summed E-state index contributed by atoms with van der Waals surface area (Å²) in [5.41, 5.74) is 1.48. The molecular formula is C16H12ClN5O3. The molecule has 0 saturated heterocycles. The first kappa shape index (κ1) is 16.6. The Labute approximate surface area is 147 Å². The molecule has 1 N–H and O–H groups in total. The minimum absolute atomic E-state index is 0.132. The van der Waals surface area contributed by atoms with Crippen LogP contribution in [0.15, 0.2) is 49.1 Å². The maximum atomic E-state index is 12.4. The smallest absolute Gasteiger partial charge is 0.295 e. The predicted octanol–water partition coefficient (Wildman–Crippen LogP) is 3.39. The fraction of sp³-hybridized carbons (Fsp3) is 0.0625. The number of amides is 1. The normalized spacial score (nSPS) is 10.5. The van der Waals surface area contributed by atoms with Gasteiger partial charge in [-0.2, -0.15) is 5.10 Å². The Bertz CT molecular complexity index is 956. The van der Waals surface area contributed by atoms with E-state index in [1.165, 1.54) is 35.5 Å². The first-order valence-corrected chi connectivity index (χ1v) is 7.54. The molecule has 3 rings (SSSR count). The van der Waals surface area contributed by atoms with Crippen molar-refractivity contribution in [3.05, 3.63) is 75.3 Å². The molecule has 126 valence electrons. The number of nitrogens with zero attached hydrogens (tertiary/aromatic N) is 4. The Kier molecular flexibility index (Phi) is 4.44. The third kappa shape index (κ3) is 3.48. The summed E-state index contributed by atoms with van der Waals surface area (Å²) >= 11 is 6.09. The van der Waals surface area contributed by atoms with E-state index < -0.39 is 10.8 Å². The molecule has 0 radical (unpaired) electrons. The van der Waals surface area contributed by atoms with Gasteiger partial charge in [-0.15, -0.1) is 0 Å². The summed E-state index contributed by atoms with van der Waals surface area (Å²) in [7, 11) is 0. The van der Waals surface area contributed by atoms with Crippen LogP contribution in [0.4, 0.5) is 11.4 Å². The molecule has 3 aromatic rings. The summed E-state index contributed by atoms with van der Waals surface area (Å²) in [6.07, 6.45) is 2.61. The number of aromatic nitrogens is 3. The molecule has 0 atom stereocenters. The number of nitro groups is 1. The molecule has 0 spiro atoms. The van der Waals surface area contributed by atoms with E-state index in [0.717, 1.165) is 5.56 Å². The molecule has 25 heavy (non-hydrogen) atoms. The number of aryl methyl sites for hydroxylation is 1. The van der Waals surface area contributed by atoms with Crippen LogP contribution in [0.5, 0.6) is 0 Å². The van der Waals surface area contributed by atoms with E-state index in [-0.39, 0.29) is 16.9 Å². The van der Waals surface area contributed by atoms with Crippen LogP contribution in [-0.2, 0) is 0 Å². The van der Waals surface area contributed by atoms with E-state index >= 15 is 0 Å². The summed E-state index contributed by atoms with van der Waals surface area (Å²) < 4.78 is 1.26. The molecule has 0 aliphatic rings. The standard InChI is InChI=1S/C16H12ClN5O3/c1-10-2-4-13(12(17)6-10)20-16(23)11-3-5-14(15(7-11)22(24)25)21-9-18-8-19-21/h2-9H,1H3,(H,20,23). The lowest BCUT2D eigenvalue weighted by Crippen LogP contribution is -2.13. The maximum absolute atomic E-state index is 12.4. The van der Waals surface area contributed by atoms with E-state index in [1.54, 1.807) is 18.2 Å². The molecule has 0 bridgehead atoms. The van der Waals surface area contributed by atoms with Crippen LogP contribution in [0.25, 0.3) is 5.69 Å². The molecular weight excluding hydrogens is 346 g/mol. The number of benzene rings is 2. The Balaban J connectivity index is 1.93. The van der Waals surface area contributed by atoms with E-state index in [2.05, 4.69) is 15.4 Å². The highest BCUT2D eigenvalue weighted by atomic mass is 35.5. The first-order valence-electron chi connectivity index (χ1n) is 7.16. The number of nitrogens with one attached hydrogen (secondary N) is 1. The summed E-state index contributed by atoms with van der Waals surface area (Å²) in [5.74, 6) is -0.501. The quantitative estimate of drug-likeness (QED) is 0.569. The lowest BCUT2D eigenvalue weighted by molar-refractivity contribution is -0.384. The molecule has 0 saturated carbocycles. The number of hydrogen-bond acceptors (Lipinski definition) is 5. The lowest BCUT2D eigenvalue weighted by Gasteiger charge is -2.09. The van der Waals surface area contributed by atoms with Crippen molar-refractivity contribution in [3.8, 4) is 5.69 Å². The van der Waals surface area contributed by atoms with Crippen LogP contribution in [-0.4, -0.2) is 25.6 Å². The van der Waals surface area contributed by atoms with Gasteiger partial charge < -0.3 is 5.32 Å². The molecule has 0 aliphatic heterocycles. The highest BCUT2D eigenvalue weighted by molar-refractivity contribution is 6.34. The van der Waals surface area contributed by atoms with E-state index in [1.807, 2.05) is 6.92 Å². The highest BCUT2D eigenvalue weighted by Gasteiger charge is 2.19. The Hall–Kier alpha value is -3.26. The average Bonchev–Trinajstić information content (AvgIpc) is 3.11. The fourth-order valence-corrected chi connectivity index (χ4v) is 2.54. The van der Waals surface area contributed by atoms with Gasteiger partial charge in [0, 0.05) is 11.6 Å². The van der Waals surface area contributed by atoms with Crippen molar-refractivity contribution >= 4 is 28.9 Å². The highest BCUT2D eigenvalue weighted by Crippen LogP contribution is 2.26. The third-order valence-electron chi connectivity index (χ3n) is 3.47. The van der Waals surface area contributed by atoms with Crippen molar-refractivity contribution in [2.45, 2.75) is 6.92 Å². The lowest BCUT2D eigenvalue weighted by atomic mass is 10.1. The van der Waals surface area contributed by atoms with Crippen LogP contribution < -0.4 is 5.32 Å². The van der Waals surface area contributed by atoms with Crippen molar-refractivity contribution in [1.29, 1.82) is 0 Å². The molecule has 0 fully saturated rings.